The summed E-state index contributed by atoms with van der Waals surface area (Å²) in [4.78, 5) is 0. The molecule has 2 heteroatoms. The Labute approximate surface area is 85.6 Å². The molecule has 2 fully saturated rings. The van der Waals surface area contributed by atoms with Crippen LogP contribution in [0.25, 0.3) is 0 Å². The largest absolute Gasteiger partial charge is 0.393 e. The van der Waals surface area contributed by atoms with Gasteiger partial charge in [-0.2, -0.15) is 0 Å². The van der Waals surface area contributed by atoms with E-state index in [0.29, 0.717) is 5.92 Å². The van der Waals surface area contributed by atoms with E-state index in [9.17, 15) is 10.2 Å². The van der Waals surface area contributed by atoms with Gasteiger partial charge in [-0.05, 0) is 50.9 Å². The van der Waals surface area contributed by atoms with E-state index in [-0.39, 0.29) is 12.0 Å². The Hall–Kier alpha value is -0.340. The minimum absolute atomic E-state index is 0.229. The molecule has 0 saturated heterocycles. The van der Waals surface area contributed by atoms with Crippen molar-refractivity contribution >= 4 is 0 Å². The molecule has 2 nitrogen and oxygen atoms in total. The third-order valence-electron chi connectivity index (χ3n) is 4.10. The Morgan fingerprint density at radius 2 is 2.14 bits per heavy atom. The predicted molar refractivity (Wildman–Crippen MR) is 55.8 cm³/mol. The molecule has 4 unspecified atom stereocenters. The number of rotatable bonds is 0. The fourth-order valence-electron chi connectivity index (χ4n) is 3.12. The topological polar surface area (TPSA) is 40.5 Å². The molecule has 0 radical (unpaired) electrons. The van der Waals surface area contributed by atoms with Crippen LogP contribution in [0.5, 0.6) is 0 Å². The number of hydrogen-bond donors (Lipinski definition) is 2. The summed E-state index contributed by atoms with van der Waals surface area (Å²) in [5.41, 5.74) is 0.656. The van der Waals surface area contributed by atoms with Crippen molar-refractivity contribution in [1.82, 2.24) is 0 Å². The average molecular weight is 196 g/mol. The minimum Gasteiger partial charge on any atom is -0.393 e. The van der Waals surface area contributed by atoms with Crippen molar-refractivity contribution in [2.75, 3.05) is 0 Å². The maximum atomic E-state index is 10.2. The Morgan fingerprint density at radius 3 is 2.86 bits per heavy atom. The average Bonchev–Trinajstić information content (AvgIpc) is 2.29. The van der Waals surface area contributed by atoms with Crippen molar-refractivity contribution in [2.45, 2.75) is 50.7 Å². The molecule has 2 aliphatic carbocycles. The molecule has 0 bridgehead atoms. The summed E-state index contributed by atoms with van der Waals surface area (Å²) in [6, 6.07) is 0. The normalized spacial score (nSPS) is 48.8. The molecular formula is C12H20O2. The zero-order valence-corrected chi connectivity index (χ0v) is 8.87. The zero-order chi connectivity index (χ0) is 10.3. The van der Waals surface area contributed by atoms with Crippen molar-refractivity contribution in [2.24, 2.45) is 11.8 Å². The molecular weight excluding hydrogens is 176 g/mol. The first-order valence-corrected chi connectivity index (χ1v) is 5.59. The van der Waals surface area contributed by atoms with Gasteiger partial charge in [-0.3, -0.25) is 0 Å². The van der Waals surface area contributed by atoms with Gasteiger partial charge in [0.05, 0.1) is 11.7 Å². The fourth-order valence-corrected chi connectivity index (χ4v) is 3.12. The van der Waals surface area contributed by atoms with Gasteiger partial charge in [0, 0.05) is 0 Å². The molecule has 0 aromatic rings. The Morgan fingerprint density at radius 1 is 1.43 bits per heavy atom. The van der Waals surface area contributed by atoms with E-state index in [0.717, 1.165) is 32.1 Å². The Bertz CT molecular complexity index is 245. The molecule has 80 valence electrons. The second-order valence-electron chi connectivity index (χ2n) is 5.20. The number of aliphatic hydroxyl groups is 2. The Balaban J connectivity index is 2.22. The molecule has 0 heterocycles. The first-order chi connectivity index (χ1) is 6.50. The van der Waals surface area contributed by atoms with Crippen LogP contribution in [0.1, 0.15) is 39.0 Å². The van der Waals surface area contributed by atoms with Gasteiger partial charge in [-0.25, -0.2) is 0 Å². The Kier molecular flexibility index (Phi) is 2.44. The molecule has 0 amide bonds. The van der Waals surface area contributed by atoms with E-state index < -0.39 is 5.60 Å². The predicted octanol–water partition coefficient (Wildman–Crippen LogP) is 1.86. The van der Waals surface area contributed by atoms with Gasteiger partial charge in [0.1, 0.15) is 0 Å². The van der Waals surface area contributed by atoms with Crippen molar-refractivity contribution in [1.29, 1.82) is 0 Å². The smallest absolute Gasteiger partial charge is 0.0654 e. The van der Waals surface area contributed by atoms with E-state index in [4.69, 9.17) is 0 Å². The second kappa shape index (κ2) is 3.35. The lowest BCUT2D eigenvalue weighted by Gasteiger charge is -2.29. The van der Waals surface area contributed by atoms with Crippen molar-refractivity contribution in [3.05, 3.63) is 12.2 Å². The van der Waals surface area contributed by atoms with Crippen LogP contribution < -0.4 is 0 Å². The van der Waals surface area contributed by atoms with Gasteiger partial charge in [-0.1, -0.05) is 12.2 Å². The fraction of sp³-hybridized carbons (Fsp3) is 0.833. The molecule has 2 saturated carbocycles. The molecule has 4 atom stereocenters. The summed E-state index contributed by atoms with van der Waals surface area (Å²) in [6.45, 7) is 6.00. The van der Waals surface area contributed by atoms with Crippen LogP contribution in [0.2, 0.25) is 0 Å². The molecule has 0 spiro atoms. The summed E-state index contributed by atoms with van der Waals surface area (Å²) in [6.07, 6.45) is 4.15. The van der Waals surface area contributed by atoms with Crippen LogP contribution in [-0.4, -0.2) is 21.9 Å². The SMILES string of the molecule is C=C1CCC(O)CC2C1CCC2(C)O. The van der Waals surface area contributed by atoms with Gasteiger partial charge >= 0.3 is 0 Å². The molecule has 0 aromatic carbocycles. The van der Waals surface area contributed by atoms with Gasteiger partial charge < -0.3 is 10.2 Å². The first kappa shape index (κ1) is 10.2. The summed E-state index contributed by atoms with van der Waals surface area (Å²) >= 11 is 0. The molecule has 2 N–H and O–H groups in total. The highest BCUT2D eigenvalue weighted by Gasteiger charge is 2.46. The van der Waals surface area contributed by atoms with E-state index in [1.807, 2.05) is 6.92 Å². The molecule has 2 rings (SSSR count). The van der Waals surface area contributed by atoms with E-state index in [1.54, 1.807) is 0 Å². The molecule has 0 aromatic heterocycles. The highest BCUT2D eigenvalue weighted by molar-refractivity contribution is 5.12. The van der Waals surface area contributed by atoms with Gasteiger partial charge in [0.15, 0.2) is 0 Å². The van der Waals surface area contributed by atoms with Gasteiger partial charge in [0.25, 0.3) is 0 Å². The lowest BCUT2D eigenvalue weighted by molar-refractivity contribution is -0.00654. The summed E-state index contributed by atoms with van der Waals surface area (Å²) < 4.78 is 0. The quantitative estimate of drug-likeness (QED) is 0.581. The summed E-state index contributed by atoms with van der Waals surface area (Å²) in [5.74, 6) is 0.676. The number of allylic oxidation sites excluding steroid dienone is 1. The molecule has 2 aliphatic rings. The molecule has 14 heavy (non-hydrogen) atoms. The minimum atomic E-state index is -0.584. The number of fused-ring (bicyclic) bond motifs is 1. The third kappa shape index (κ3) is 1.61. The maximum absolute atomic E-state index is 10.2. The number of aliphatic hydroxyl groups excluding tert-OH is 1. The van der Waals surface area contributed by atoms with E-state index in [1.165, 1.54) is 5.57 Å². The zero-order valence-electron chi connectivity index (χ0n) is 8.87. The lowest BCUT2D eigenvalue weighted by Crippen LogP contribution is -2.33. The molecule has 0 aliphatic heterocycles. The van der Waals surface area contributed by atoms with Crippen molar-refractivity contribution < 1.29 is 10.2 Å². The van der Waals surface area contributed by atoms with Crippen LogP contribution >= 0.6 is 0 Å². The van der Waals surface area contributed by atoms with Crippen LogP contribution in [0.4, 0.5) is 0 Å². The first-order valence-electron chi connectivity index (χ1n) is 5.59. The lowest BCUT2D eigenvalue weighted by atomic mass is 9.82. The monoisotopic (exact) mass is 196 g/mol. The highest BCUT2D eigenvalue weighted by Crippen LogP contribution is 2.48. The van der Waals surface area contributed by atoms with Gasteiger partial charge in [-0.15, -0.1) is 0 Å². The summed E-state index contributed by atoms with van der Waals surface area (Å²) in [7, 11) is 0. The van der Waals surface area contributed by atoms with Crippen LogP contribution in [0.3, 0.4) is 0 Å². The van der Waals surface area contributed by atoms with Crippen LogP contribution in [0.15, 0.2) is 12.2 Å². The van der Waals surface area contributed by atoms with E-state index in [2.05, 4.69) is 6.58 Å². The maximum Gasteiger partial charge on any atom is 0.0654 e. The van der Waals surface area contributed by atoms with Crippen molar-refractivity contribution in [3.8, 4) is 0 Å². The standard InChI is InChI=1S/C12H20O2/c1-8-3-4-9(13)7-11-10(8)5-6-12(11,2)14/h9-11,13-14H,1,3-7H2,2H3. The second-order valence-corrected chi connectivity index (χ2v) is 5.20. The highest BCUT2D eigenvalue weighted by atomic mass is 16.3. The number of hydrogen-bond acceptors (Lipinski definition) is 2. The van der Waals surface area contributed by atoms with E-state index >= 15 is 0 Å². The third-order valence-corrected chi connectivity index (χ3v) is 4.10. The van der Waals surface area contributed by atoms with Gasteiger partial charge in [0.2, 0.25) is 0 Å². The van der Waals surface area contributed by atoms with Crippen LogP contribution in [-0.2, 0) is 0 Å². The van der Waals surface area contributed by atoms with Crippen molar-refractivity contribution in [3.63, 3.8) is 0 Å². The summed E-state index contributed by atoms with van der Waals surface area (Å²) in [5, 5.41) is 19.9. The van der Waals surface area contributed by atoms with Crippen LogP contribution in [0, 0.1) is 11.8 Å².